The van der Waals surface area contributed by atoms with Gasteiger partial charge in [-0.25, -0.2) is 4.39 Å². The molecule has 0 fully saturated rings. The summed E-state index contributed by atoms with van der Waals surface area (Å²) in [5.74, 6) is -0.474. The minimum absolute atomic E-state index is 0.170. The van der Waals surface area contributed by atoms with E-state index in [0.717, 1.165) is 11.3 Å². The molecular weight excluding hydrogens is 293 g/mol. The Kier molecular flexibility index (Phi) is 4.75. The number of likely N-dealkylation sites (N-methyl/N-ethyl adjacent to an activating group) is 1. The second-order valence-electron chi connectivity index (χ2n) is 4.64. The van der Waals surface area contributed by atoms with E-state index in [-0.39, 0.29) is 11.7 Å². The Balaban J connectivity index is 2.01. The Morgan fingerprint density at radius 1 is 1.43 bits per heavy atom. The molecule has 6 heteroatoms. The first-order valence-electron chi connectivity index (χ1n) is 6.32. The van der Waals surface area contributed by atoms with Crippen molar-refractivity contribution in [1.82, 2.24) is 14.7 Å². The number of nitrogens with zero attached hydrogens (tertiary/aromatic N) is 3. The number of aromatic nitrogens is 2. The normalized spacial score (nSPS) is 11.0. The molecule has 0 saturated carbocycles. The monoisotopic (exact) mass is 307 g/mol. The molecule has 21 heavy (non-hydrogen) atoms. The van der Waals surface area contributed by atoms with Gasteiger partial charge in [0.1, 0.15) is 5.82 Å². The molecule has 0 atom stereocenters. The molecule has 1 aromatic heterocycles. The molecule has 0 aliphatic rings. The van der Waals surface area contributed by atoms with Crippen LogP contribution in [0.3, 0.4) is 0 Å². The fraction of sp³-hybridized carbons (Fsp3) is 0.200. The molecule has 0 N–H and O–H groups in total. The van der Waals surface area contributed by atoms with Gasteiger partial charge in [-0.3, -0.25) is 9.48 Å². The van der Waals surface area contributed by atoms with Crippen molar-refractivity contribution in [2.75, 3.05) is 7.05 Å². The zero-order valence-corrected chi connectivity index (χ0v) is 12.5. The molecule has 0 spiro atoms. The van der Waals surface area contributed by atoms with E-state index in [1.54, 1.807) is 43.2 Å². The van der Waals surface area contributed by atoms with Crippen LogP contribution in [-0.4, -0.2) is 27.6 Å². The van der Waals surface area contributed by atoms with Crippen molar-refractivity contribution in [2.24, 2.45) is 7.05 Å². The predicted octanol–water partition coefficient (Wildman–Crippen LogP) is 2.88. The van der Waals surface area contributed by atoms with Crippen molar-refractivity contribution in [1.29, 1.82) is 0 Å². The van der Waals surface area contributed by atoms with Gasteiger partial charge in [0.15, 0.2) is 0 Å². The lowest BCUT2D eigenvalue weighted by Crippen LogP contribution is -2.25. The highest BCUT2D eigenvalue weighted by molar-refractivity contribution is 6.31. The summed E-state index contributed by atoms with van der Waals surface area (Å²) >= 11 is 6.01. The lowest BCUT2D eigenvalue weighted by atomic mass is 10.2. The standard InChI is InChI=1S/C15H15ClFN3O/c1-19(10-14-13(16)9-18-20(14)2)15(21)8-5-11-3-6-12(17)7-4-11/h3-9H,10H2,1-2H3/b8-5+. The zero-order chi connectivity index (χ0) is 15.4. The maximum Gasteiger partial charge on any atom is 0.246 e. The fourth-order valence-electron chi connectivity index (χ4n) is 1.79. The van der Waals surface area contributed by atoms with Crippen LogP contribution >= 0.6 is 11.6 Å². The largest absolute Gasteiger partial charge is 0.336 e. The van der Waals surface area contributed by atoms with Crippen molar-refractivity contribution in [2.45, 2.75) is 6.54 Å². The summed E-state index contributed by atoms with van der Waals surface area (Å²) in [5, 5.41) is 4.55. The average Bonchev–Trinajstić information content (AvgIpc) is 2.78. The van der Waals surface area contributed by atoms with E-state index in [1.807, 2.05) is 0 Å². The van der Waals surface area contributed by atoms with Gasteiger partial charge in [-0.05, 0) is 23.8 Å². The van der Waals surface area contributed by atoms with Crippen LogP contribution in [0.5, 0.6) is 0 Å². The summed E-state index contributed by atoms with van der Waals surface area (Å²) in [4.78, 5) is 13.6. The Bertz CT molecular complexity index is 645. The number of benzene rings is 1. The van der Waals surface area contributed by atoms with Crippen LogP contribution in [0.4, 0.5) is 4.39 Å². The Labute approximate surface area is 127 Å². The molecule has 1 aromatic carbocycles. The minimum Gasteiger partial charge on any atom is -0.336 e. The van der Waals surface area contributed by atoms with E-state index >= 15 is 0 Å². The van der Waals surface area contributed by atoms with E-state index in [9.17, 15) is 9.18 Å². The third kappa shape index (κ3) is 3.92. The number of hydrogen-bond donors (Lipinski definition) is 0. The van der Waals surface area contributed by atoms with Gasteiger partial charge in [0.25, 0.3) is 0 Å². The molecule has 1 heterocycles. The molecule has 0 aliphatic heterocycles. The number of hydrogen-bond acceptors (Lipinski definition) is 2. The van der Waals surface area contributed by atoms with Gasteiger partial charge in [0, 0.05) is 20.2 Å². The van der Waals surface area contributed by atoms with Crippen LogP contribution in [0, 0.1) is 5.82 Å². The Morgan fingerprint density at radius 2 is 2.10 bits per heavy atom. The molecule has 0 radical (unpaired) electrons. The van der Waals surface area contributed by atoms with E-state index in [0.29, 0.717) is 11.6 Å². The van der Waals surface area contributed by atoms with E-state index in [4.69, 9.17) is 11.6 Å². The first-order chi connectivity index (χ1) is 9.97. The van der Waals surface area contributed by atoms with Crippen LogP contribution in [0.25, 0.3) is 6.08 Å². The number of halogens is 2. The lowest BCUT2D eigenvalue weighted by Gasteiger charge is -2.15. The third-order valence-corrected chi connectivity index (χ3v) is 3.38. The second-order valence-corrected chi connectivity index (χ2v) is 5.05. The Hall–Kier alpha value is -2.14. The fourth-order valence-corrected chi connectivity index (χ4v) is 2.01. The quantitative estimate of drug-likeness (QED) is 0.815. The van der Waals surface area contributed by atoms with Gasteiger partial charge in [-0.2, -0.15) is 5.10 Å². The zero-order valence-electron chi connectivity index (χ0n) is 11.8. The molecule has 2 rings (SSSR count). The number of rotatable bonds is 4. The molecule has 4 nitrogen and oxygen atoms in total. The van der Waals surface area contributed by atoms with E-state index < -0.39 is 0 Å². The summed E-state index contributed by atoms with van der Waals surface area (Å²) in [6, 6.07) is 5.92. The maximum atomic E-state index is 12.8. The van der Waals surface area contributed by atoms with E-state index in [2.05, 4.69) is 5.10 Å². The summed E-state index contributed by atoms with van der Waals surface area (Å²) in [6.45, 7) is 0.363. The van der Waals surface area contributed by atoms with Crippen molar-refractivity contribution in [3.63, 3.8) is 0 Å². The van der Waals surface area contributed by atoms with Crippen molar-refractivity contribution >= 4 is 23.6 Å². The number of carbonyl (C=O) groups is 1. The summed E-state index contributed by atoms with van der Waals surface area (Å²) in [5.41, 5.74) is 1.53. The number of aryl methyl sites for hydroxylation is 1. The first kappa shape index (κ1) is 15.3. The van der Waals surface area contributed by atoms with E-state index in [1.165, 1.54) is 23.1 Å². The second kappa shape index (κ2) is 6.54. The third-order valence-electron chi connectivity index (χ3n) is 3.06. The van der Waals surface area contributed by atoms with Gasteiger partial charge in [0.05, 0.1) is 23.5 Å². The van der Waals surface area contributed by atoms with Gasteiger partial charge in [0.2, 0.25) is 5.91 Å². The molecule has 1 amide bonds. The minimum atomic E-state index is -0.304. The molecule has 2 aromatic rings. The molecule has 0 aliphatic carbocycles. The average molecular weight is 308 g/mol. The van der Waals surface area contributed by atoms with Crippen LogP contribution in [0.1, 0.15) is 11.3 Å². The molecule has 0 bridgehead atoms. The number of carbonyl (C=O) groups excluding carboxylic acids is 1. The van der Waals surface area contributed by atoms with Crippen LogP contribution < -0.4 is 0 Å². The summed E-state index contributed by atoms with van der Waals surface area (Å²) < 4.78 is 14.4. The van der Waals surface area contributed by atoms with Gasteiger partial charge >= 0.3 is 0 Å². The van der Waals surface area contributed by atoms with Crippen LogP contribution in [-0.2, 0) is 18.4 Å². The lowest BCUT2D eigenvalue weighted by molar-refractivity contribution is -0.125. The summed E-state index contributed by atoms with van der Waals surface area (Å²) in [6.07, 6.45) is 4.63. The van der Waals surface area contributed by atoms with Gasteiger partial charge < -0.3 is 4.90 Å². The Morgan fingerprint density at radius 3 is 2.67 bits per heavy atom. The van der Waals surface area contributed by atoms with Crippen molar-refractivity contribution < 1.29 is 9.18 Å². The SMILES string of the molecule is CN(Cc1c(Cl)cnn1C)C(=O)/C=C/c1ccc(F)cc1. The highest BCUT2D eigenvalue weighted by Gasteiger charge is 2.12. The van der Waals surface area contributed by atoms with Gasteiger partial charge in [-0.15, -0.1) is 0 Å². The molecule has 0 saturated heterocycles. The van der Waals surface area contributed by atoms with Crippen molar-refractivity contribution in [3.05, 3.63) is 58.6 Å². The highest BCUT2D eigenvalue weighted by Crippen LogP contribution is 2.15. The number of amides is 1. The molecule has 110 valence electrons. The van der Waals surface area contributed by atoms with Crippen molar-refractivity contribution in [3.8, 4) is 0 Å². The topological polar surface area (TPSA) is 38.1 Å². The summed E-state index contributed by atoms with van der Waals surface area (Å²) in [7, 11) is 3.45. The molecule has 0 unspecified atom stereocenters. The smallest absolute Gasteiger partial charge is 0.246 e. The first-order valence-corrected chi connectivity index (χ1v) is 6.70. The molecular formula is C15H15ClFN3O. The highest BCUT2D eigenvalue weighted by atomic mass is 35.5. The van der Waals surface area contributed by atoms with Crippen LogP contribution in [0.15, 0.2) is 36.5 Å². The predicted molar refractivity (Wildman–Crippen MR) is 80.1 cm³/mol. The van der Waals surface area contributed by atoms with Crippen LogP contribution in [0.2, 0.25) is 5.02 Å². The maximum absolute atomic E-state index is 12.8. The van der Waals surface area contributed by atoms with Gasteiger partial charge in [-0.1, -0.05) is 23.7 Å².